The summed E-state index contributed by atoms with van der Waals surface area (Å²) in [5.41, 5.74) is -1.62. The zero-order valence-electron chi connectivity index (χ0n) is 10.6. The maximum absolute atomic E-state index is 14.3. The third-order valence-electron chi connectivity index (χ3n) is 2.41. The van der Waals surface area contributed by atoms with Crippen LogP contribution < -0.4 is 0 Å². The van der Waals surface area contributed by atoms with Gasteiger partial charge in [0.25, 0.3) is 0 Å². The van der Waals surface area contributed by atoms with Crippen LogP contribution >= 0.6 is 0 Å². The van der Waals surface area contributed by atoms with Crippen LogP contribution in [0.3, 0.4) is 0 Å². The molecule has 0 spiro atoms. The minimum absolute atomic E-state index is 0.137. The van der Waals surface area contributed by atoms with Crippen molar-refractivity contribution in [2.75, 3.05) is 6.61 Å². The van der Waals surface area contributed by atoms with Gasteiger partial charge in [0.05, 0.1) is 6.61 Å². The molecule has 0 bridgehead atoms. The fraction of sp³-hybridized carbons (Fsp3) is 1.00. The molecule has 0 aliphatic rings. The molecule has 0 aromatic heterocycles. The van der Waals surface area contributed by atoms with E-state index < -0.39 is 18.9 Å². The van der Waals surface area contributed by atoms with Crippen molar-refractivity contribution in [3.8, 4) is 0 Å². The Kier molecular flexibility index (Phi) is 7.04. The van der Waals surface area contributed by atoms with Gasteiger partial charge < -0.3 is 4.74 Å². The second kappa shape index (κ2) is 7.15. The monoisotopic (exact) mass is 240 g/mol. The summed E-state index contributed by atoms with van der Waals surface area (Å²) in [7, 11) is 0. The zero-order chi connectivity index (χ0) is 12.8. The van der Waals surface area contributed by atoms with Gasteiger partial charge in [-0.25, -0.2) is 4.39 Å². The number of rotatable bonds is 8. The Morgan fingerprint density at radius 2 is 1.62 bits per heavy atom. The first kappa shape index (κ1) is 15.8. The van der Waals surface area contributed by atoms with Crippen LogP contribution in [0.5, 0.6) is 0 Å². The number of hydrogen-bond donors (Lipinski definition) is 0. The minimum atomic E-state index is -2.89. The maximum atomic E-state index is 14.3. The highest BCUT2D eigenvalue weighted by Gasteiger charge is 2.32. The first-order valence-electron chi connectivity index (χ1n) is 5.84. The maximum Gasteiger partial charge on any atom is 0.345 e. The summed E-state index contributed by atoms with van der Waals surface area (Å²) in [6.07, 6.45) is 1.25. The van der Waals surface area contributed by atoms with Gasteiger partial charge in [-0.1, -0.05) is 27.7 Å². The summed E-state index contributed by atoms with van der Waals surface area (Å²) < 4.78 is 42.3. The largest absolute Gasteiger partial charge is 0.345 e. The van der Waals surface area contributed by atoms with Crippen LogP contribution in [0.1, 0.15) is 47.0 Å². The van der Waals surface area contributed by atoms with Crippen LogP contribution in [0.15, 0.2) is 0 Å². The molecule has 0 amide bonds. The van der Waals surface area contributed by atoms with E-state index in [2.05, 4.69) is 4.74 Å². The van der Waals surface area contributed by atoms with E-state index in [1.54, 1.807) is 0 Å². The molecule has 1 nitrogen and oxygen atoms in total. The first-order valence-corrected chi connectivity index (χ1v) is 5.84. The smallest absolute Gasteiger partial charge is 0.320 e. The fourth-order valence-corrected chi connectivity index (χ4v) is 1.72. The summed E-state index contributed by atoms with van der Waals surface area (Å²) in [6, 6.07) is 0. The topological polar surface area (TPSA) is 9.23 Å². The van der Waals surface area contributed by atoms with Gasteiger partial charge in [-0.05, 0) is 31.1 Å². The van der Waals surface area contributed by atoms with Gasteiger partial charge in [-0.2, -0.15) is 8.78 Å². The van der Waals surface area contributed by atoms with Crippen molar-refractivity contribution in [2.24, 2.45) is 11.8 Å². The summed E-state index contributed by atoms with van der Waals surface area (Å²) in [6.45, 7) is 4.35. The molecule has 16 heavy (non-hydrogen) atoms. The normalized spacial score (nSPS) is 16.1. The van der Waals surface area contributed by atoms with E-state index in [-0.39, 0.29) is 18.8 Å². The van der Waals surface area contributed by atoms with E-state index in [4.69, 9.17) is 0 Å². The molecule has 0 unspecified atom stereocenters. The number of alkyl halides is 3. The molecule has 0 radical (unpaired) electrons. The molecule has 0 heterocycles. The molecule has 0 N–H and O–H groups in total. The van der Waals surface area contributed by atoms with Gasteiger partial charge >= 0.3 is 6.61 Å². The van der Waals surface area contributed by atoms with Crippen molar-refractivity contribution in [2.45, 2.75) is 59.2 Å². The quantitative estimate of drug-likeness (QED) is 0.610. The Balaban J connectivity index is 4.23. The lowest BCUT2D eigenvalue weighted by Gasteiger charge is -2.27. The summed E-state index contributed by atoms with van der Waals surface area (Å²) in [5.74, 6) is 0.507. The molecule has 0 aliphatic heterocycles. The van der Waals surface area contributed by atoms with Crippen LogP contribution in [0.4, 0.5) is 13.2 Å². The molecule has 0 aliphatic carbocycles. The zero-order valence-corrected chi connectivity index (χ0v) is 10.6. The highest BCUT2D eigenvalue weighted by molar-refractivity contribution is 4.80. The van der Waals surface area contributed by atoms with Crippen molar-refractivity contribution in [3.05, 3.63) is 0 Å². The molecule has 0 fully saturated rings. The van der Waals surface area contributed by atoms with E-state index in [9.17, 15) is 13.2 Å². The van der Waals surface area contributed by atoms with Gasteiger partial charge in [0.1, 0.15) is 5.67 Å². The molecule has 1 atom stereocenters. The highest BCUT2D eigenvalue weighted by Crippen LogP contribution is 2.29. The Morgan fingerprint density at radius 1 is 1.06 bits per heavy atom. The van der Waals surface area contributed by atoms with Gasteiger partial charge in [-0.15, -0.1) is 0 Å². The first-order chi connectivity index (χ1) is 7.25. The van der Waals surface area contributed by atoms with E-state index in [1.165, 1.54) is 0 Å². The molecule has 98 valence electrons. The predicted molar refractivity (Wildman–Crippen MR) is 59.3 cm³/mol. The van der Waals surface area contributed by atoms with Crippen LogP contribution in [-0.4, -0.2) is 18.9 Å². The molecule has 0 saturated carbocycles. The van der Waals surface area contributed by atoms with Crippen molar-refractivity contribution in [1.29, 1.82) is 0 Å². The van der Waals surface area contributed by atoms with Gasteiger partial charge in [0.15, 0.2) is 0 Å². The molecular weight excluding hydrogens is 217 g/mol. The standard InChI is InChI=1S/C12H23F3O/c1-9(2)5-6-12(15,7-10(3)4)8-16-11(13)14/h9-11H,5-8H2,1-4H3/t12-/m0/s1. The van der Waals surface area contributed by atoms with E-state index >= 15 is 0 Å². The minimum Gasteiger partial charge on any atom is -0.320 e. The molecular formula is C12H23F3O. The van der Waals surface area contributed by atoms with Crippen molar-refractivity contribution < 1.29 is 17.9 Å². The lowest BCUT2D eigenvalue weighted by atomic mass is 9.88. The highest BCUT2D eigenvalue weighted by atomic mass is 19.3. The lowest BCUT2D eigenvalue weighted by Crippen LogP contribution is -2.32. The average molecular weight is 240 g/mol. The molecule has 0 aromatic carbocycles. The van der Waals surface area contributed by atoms with E-state index in [1.807, 2.05) is 27.7 Å². The SMILES string of the molecule is CC(C)CC[C@@](F)(COC(F)F)CC(C)C. The third kappa shape index (κ3) is 7.97. The van der Waals surface area contributed by atoms with Gasteiger partial charge in [0, 0.05) is 0 Å². The van der Waals surface area contributed by atoms with E-state index in [0.717, 1.165) is 0 Å². The Bertz CT molecular complexity index is 169. The third-order valence-corrected chi connectivity index (χ3v) is 2.41. The van der Waals surface area contributed by atoms with Crippen LogP contribution in [0.2, 0.25) is 0 Å². The average Bonchev–Trinajstić information content (AvgIpc) is 2.11. The van der Waals surface area contributed by atoms with Crippen LogP contribution in [-0.2, 0) is 4.74 Å². The second-order valence-corrected chi connectivity index (χ2v) is 5.25. The number of ether oxygens (including phenoxy) is 1. The van der Waals surface area contributed by atoms with Crippen molar-refractivity contribution in [1.82, 2.24) is 0 Å². The lowest BCUT2D eigenvalue weighted by molar-refractivity contribution is -0.159. The molecule has 0 saturated heterocycles. The second-order valence-electron chi connectivity index (χ2n) is 5.25. The Labute approximate surface area is 96.4 Å². The fourth-order valence-electron chi connectivity index (χ4n) is 1.72. The molecule has 0 rings (SSSR count). The van der Waals surface area contributed by atoms with Gasteiger partial charge in [-0.3, -0.25) is 0 Å². The Morgan fingerprint density at radius 3 is 2.00 bits per heavy atom. The summed E-state index contributed by atoms with van der Waals surface area (Å²) in [4.78, 5) is 0. The van der Waals surface area contributed by atoms with Gasteiger partial charge in [0.2, 0.25) is 0 Å². The molecule has 0 aromatic rings. The summed E-state index contributed by atoms with van der Waals surface area (Å²) in [5, 5.41) is 0. The Hall–Kier alpha value is -0.250. The number of hydrogen-bond acceptors (Lipinski definition) is 1. The van der Waals surface area contributed by atoms with Crippen molar-refractivity contribution in [3.63, 3.8) is 0 Å². The van der Waals surface area contributed by atoms with Crippen LogP contribution in [0.25, 0.3) is 0 Å². The number of halogens is 3. The molecule has 4 heteroatoms. The van der Waals surface area contributed by atoms with E-state index in [0.29, 0.717) is 12.3 Å². The van der Waals surface area contributed by atoms with Crippen molar-refractivity contribution >= 4 is 0 Å². The predicted octanol–water partition coefficient (Wildman–Crippen LogP) is 4.42. The van der Waals surface area contributed by atoms with Crippen LogP contribution in [0, 0.1) is 11.8 Å². The summed E-state index contributed by atoms with van der Waals surface area (Å²) >= 11 is 0.